The highest BCUT2D eigenvalue weighted by Crippen LogP contribution is 2.38. The summed E-state index contributed by atoms with van der Waals surface area (Å²) in [5.74, 6) is 0.288. The molecular weight excluding hydrogens is 200 g/mol. The molecule has 1 aromatic carbocycles. The number of ketones is 1. The van der Waals surface area contributed by atoms with Gasteiger partial charge in [-0.3, -0.25) is 4.79 Å². The van der Waals surface area contributed by atoms with E-state index in [4.69, 9.17) is 0 Å². The molecule has 0 saturated carbocycles. The first-order chi connectivity index (χ1) is 7.54. The average molecular weight is 218 g/mol. The topological polar surface area (TPSA) is 37.3 Å². The smallest absolute Gasteiger partial charge is 0.164 e. The van der Waals surface area contributed by atoms with E-state index in [0.29, 0.717) is 18.8 Å². The molecule has 1 N–H and O–H groups in total. The summed E-state index contributed by atoms with van der Waals surface area (Å²) in [6.07, 6.45) is 1.93. The van der Waals surface area contributed by atoms with Crippen LogP contribution in [-0.4, -0.2) is 16.5 Å². The van der Waals surface area contributed by atoms with E-state index in [1.54, 1.807) is 6.92 Å². The van der Waals surface area contributed by atoms with Crippen molar-refractivity contribution in [1.82, 2.24) is 0 Å². The Morgan fingerprint density at radius 1 is 1.50 bits per heavy atom. The average Bonchev–Trinajstić information content (AvgIpc) is 2.25. The van der Waals surface area contributed by atoms with Crippen LogP contribution in [0.5, 0.6) is 0 Å². The minimum Gasteiger partial charge on any atom is -0.382 e. The van der Waals surface area contributed by atoms with Crippen LogP contribution in [-0.2, 0) is 11.2 Å². The molecule has 2 nitrogen and oxygen atoms in total. The van der Waals surface area contributed by atoms with Crippen molar-refractivity contribution in [3.8, 4) is 0 Å². The molecule has 1 aromatic rings. The SMILES string of the molecule is CCC(C)(O)C(=O)CC1Cc2ccccc21. The molecule has 0 bridgehead atoms. The van der Waals surface area contributed by atoms with Crippen molar-refractivity contribution in [2.45, 2.75) is 44.6 Å². The summed E-state index contributed by atoms with van der Waals surface area (Å²) in [5, 5.41) is 9.86. The van der Waals surface area contributed by atoms with E-state index >= 15 is 0 Å². The highest BCUT2D eigenvalue weighted by atomic mass is 16.3. The summed E-state index contributed by atoms with van der Waals surface area (Å²) in [5.41, 5.74) is 1.48. The molecule has 0 aliphatic heterocycles. The molecule has 1 aliphatic carbocycles. The third-order valence-electron chi connectivity index (χ3n) is 3.68. The van der Waals surface area contributed by atoms with Crippen molar-refractivity contribution in [3.63, 3.8) is 0 Å². The van der Waals surface area contributed by atoms with Crippen LogP contribution in [0.15, 0.2) is 24.3 Å². The van der Waals surface area contributed by atoms with Gasteiger partial charge in [0.15, 0.2) is 5.78 Å². The van der Waals surface area contributed by atoms with Crippen LogP contribution in [0.2, 0.25) is 0 Å². The lowest BCUT2D eigenvalue weighted by molar-refractivity contribution is -0.136. The summed E-state index contributed by atoms with van der Waals surface area (Å²) in [6, 6.07) is 8.22. The molecule has 0 saturated heterocycles. The van der Waals surface area contributed by atoms with Crippen LogP contribution in [0.1, 0.15) is 43.7 Å². The maximum atomic E-state index is 11.9. The van der Waals surface area contributed by atoms with Gasteiger partial charge in [-0.15, -0.1) is 0 Å². The lowest BCUT2D eigenvalue weighted by atomic mass is 9.73. The molecule has 0 spiro atoms. The first-order valence-electron chi connectivity index (χ1n) is 5.88. The predicted octanol–water partition coefficient (Wildman–Crippen LogP) is 2.45. The Morgan fingerprint density at radius 2 is 2.19 bits per heavy atom. The number of rotatable bonds is 4. The molecule has 2 atom stereocenters. The second-order valence-electron chi connectivity index (χ2n) is 4.85. The number of carbonyl (C=O) groups excluding carboxylic acids is 1. The molecule has 0 fully saturated rings. The van der Waals surface area contributed by atoms with E-state index in [9.17, 15) is 9.90 Å². The van der Waals surface area contributed by atoms with E-state index in [1.807, 2.05) is 19.1 Å². The maximum absolute atomic E-state index is 11.9. The second kappa shape index (κ2) is 4.02. The van der Waals surface area contributed by atoms with Gasteiger partial charge in [0.25, 0.3) is 0 Å². The summed E-state index contributed by atoms with van der Waals surface area (Å²) in [4.78, 5) is 11.9. The minimum atomic E-state index is -1.15. The van der Waals surface area contributed by atoms with Crippen molar-refractivity contribution < 1.29 is 9.90 Å². The van der Waals surface area contributed by atoms with Crippen LogP contribution in [0.3, 0.4) is 0 Å². The number of aliphatic hydroxyl groups is 1. The highest BCUT2D eigenvalue weighted by Gasteiger charge is 2.34. The fraction of sp³-hybridized carbons (Fsp3) is 0.500. The Kier molecular flexibility index (Phi) is 2.85. The van der Waals surface area contributed by atoms with E-state index in [1.165, 1.54) is 11.1 Å². The Morgan fingerprint density at radius 3 is 2.81 bits per heavy atom. The Labute approximate surface area is 96.3 Å². The molecule has 0 heterocycles. The predicted molar refractivity (Wildman–Crippen MR) is 63.4 cm³/mol. The van der Waals surface area contributed by atoms with Crippen molar-refractivity contribution in [3.05, 3.63) is 35.4 Å². The summed E-state index contributed by atoms with van der Waals surface area (Å²) < 4.78 is 0. The zero-order valence-corrected chi connectivity index (χ0v) is 9.86. The third-order valence-corrected chi connectivity index (χ3v) is 3.68. The first kappa shape index (κ1) is 11.3. The Balaban J connectivity index is 2.02. The van der Waals surface area contributed by atoms with Crippen LogP contribution in [0.25, 0.3) is 0 Å². The number of Topliss-reactive ketones (excluding diaryl/α,β-unsaturated/α-hetero) is 1. The van der Waals surface area contributed by atoms with E-state index in [-0.39, 0.29) is 5.78 Å². The quantitative estimate of drug-likeness (QED) is 0.842. The van der Waals surface area contributed by atoms with E-state index in [0.717, 1.165) is 6.42 Å². The molecule has 0 aromatic heterocycles. The van der Waals surface area contributed by atoms with Gasteiger partial charge in [-0.2, -0.15) is 0 Å². The summed E-state index contributed by atoms with van der Waals surface area (Å²) in [6.45, 7) is 3.45. The molecule has 0 radical (unpaired) electrons. The molecule has 2 unspecified atom stereocenters. The van der Waals surface area contributed by atoms with Gasteiger partial charge in [-0.1, -0.05) is 31.2 Å². The van der Waals surface area contributed by atoms with Gasteiger partial charge in [0, 0.05) is 6.42 Å². The Hall–Kier alpha value is -1.15. The van der Waals surface area contributed by atoms with Gasteiger partial charge in [-0.25, -0.2) is 0 Å². The van der Waals surface area contributed by atoms with Crippen molar-refractivity contribution >= 4 is 5.78 Å². The normalized spacial score (nSPS) is 21.8. The summed E-state index contributed by atoms with van der Waals surface area (Å²) >= 11 is 0. The number of fused-ring (bicyclic) bond motifs is 1. The number of hydrogen-bond acceptors (Lipinski definition) is 2. The van der Waals surface area contributed by atoms with Gasteiger partial charge >= 0.3 is 0 Å². The second-order valence-corrected chi connectivity index (χ2v) is 4.85. The fourth-order valence-electron chi connectivity index (χ4n) is 2.19. The van der Waals surface area contributed by atoms with Gasteiger partial charge < -0.3 is 5.11 Å². The highest BCUT2D eigenvalue weighted by molar-refractivity contribution is 5.87. The number of benzene rings is 1. The lowest BCUT2D eigenvalue weighted by Gasteiger charge is -2.31. The maximum Gasteiger partial charge on any atom is 0.164 e. The van der Waals surface area contributed by atoms with Gasteiger partial charge in [0.1, 0.15) is 5.60 Å². The number of hydrogen-bond donors (Lipinski definition) is 1. The molecule has 2 heteroatoms. The summed E-state index contributed by atoms with van der Waals surface area (Å²) in [7, 11) is 0. The monoisotopic (exact) mass is 218 g/mol. The van der Waals surface area contributed by atoms with Crippen LogP contribution in [0, 0.1) is 0 Å². The molecule has 16 heavy (non-hydrogen) atoms. The van der Waals surface area contributed by atoms with Crippen LogP contribution >= 0.6 is 0 Å². The molecule has 0 amide bonds. The fourth-order valence-corrected chi connectivity index (χ4v) is 2.19. The lowest BCUT2D eigenvalue weighted by Crippen LogP contribution is -2.36. The van der Waals surface area contributed by atoms with Crippen molar-refractivity contribution in [1.29, 1.82) is 0 Å². The van der Waals surface area contributed by atoms with Gasteiger partial charge in [0.2, 0.25) is 0 Å². The molecule has 1 aliphatic rings. The zero-order chi connectivity index (χ0) is 11.8. The first-order valence-corrected chi connectivity index (χ1v) is 5.88. The van der Waals surface area contributed by atoms with E-state index in [2.05, 4.69) is 12.1 Å². The molecule has 86 valence electrons. The number of carbonyl (C=O) groups is 1. The van der Waals surface area contributed by atoms with Crippen LogP contribution in [0.4, 0.5) is 0 Å². The van der Waals surface area contributed by atoms with E-state index < -0.39 is 5.60 Å². The standard InChI is InChI=1S/C14H18O2/c1-3-14(2,16)13(15)9-11-8-10-6-4-5-7-12(10)11/h4-7,11,16H,3,8-9H2,1-2H3. The largest absolute Gasteiger partial charge is 0.382 e. The van der Waals surface area contributed by atoms with Gasteiger partial charge in [-0.05, 0) is 36.8 Å². The van der Waals surface area contributed by atoms with Crippen molar-refractivity contribution in [2.75, 3.05) is 0 Å². The zero-order valence-electron chi connectivity index (χ0n) is 9.86. The van der Waals surface area contributed by atoms with Crippen LogP contribution < -0.4 is 0 Å². The minimum absolute atomic E-state index is 0.0329. The third kappa shape index (κ3) is 1.90. The molecule has 2 rings (SSSR count). The van der Waals surface area contributed by atoms with Gasteiger partial charge in [0.05, 0.1) is 0 Å². The molecular formula is C14H18O2. The Bertz CT molecular complexity index is 407. The van der Waals surface area contributed by atoms with Crippen molar-refractivity contribution in [2.24, 2.45) is 0 Å².